The highest BCUT2D eigenvalue weighted by Crippen LogP contribution is 2.33. The van der Waals surface area contributed by atoms with Gasteiger partial charge in [0, 0.05) is 32.3 Å². The summed E-state index contributed by atoms with van der Waals surface area (Å²) >= 11 is 0. The van der Waals surface area contributed by atoms with Crippen molar-refractivity contribution in [3.63, 3.8) is 0 Å². The number of rotatable bonds is 9. The summed E-state index contributed by atoms with van der Waals surface area (Å²) in [6, 6.07) is 0.218. The van der Waals surface area contributed by atoms with Crippen LogP contribution < -0.4 is 10.6 Å². The van der Waals surface area contributed by atoms with Crippen LogP contribution in [0.1, 0.15) is 38.6 Å². The fraction of sp³-hybridized carbons (Fsp3) is 0.545. The Morgan fingerprint density at radius 1 is 1.18 bits per heavy atom. The monoisotopic (exact) mass is 454 g/mol. The Balaban J connectivity index is 1.65. The Labute approximate surface area is 192 Å². The first-order valence-electron chi connectivity index (χ1n) is 11.1. The number of terminal acetylenes is 1. The lowest BCUT2D eigenvalue weighted by molar-refractivity contribution is -0.0230. The maximum atomic E-state index is 10.5. The molecule has 0 spiro atoms. The van der Waals surface area contributed by atoms with Crippen LogP contribution in [0.4, 0.5) is 11.8 Å². The molecule has 0 aromatic carbocycles. The Morgan fingerprint density at radius 2 is 1.97 bits per heavy atom. The Morgan fingerprint density at radius 3 is 2.61 bits per heavy atom. The lowest BCUT2D eigenvalue weighted by Crippen LogP contribution is -2.30. The molecule has 0 bridgehead atoms. The highest BCUT2D eigenvalue weighted by atomic mass is 16.6. The largest absolute Gasteiger partial charge is 0.386 e. The second-order valence-electron chi connectivity index (χ2n) is 8.18. The summed E-state index contributed by atoms with van der Waals surface area (Å²) in [5, 5.41) is 27.4. The average molecular weight is 455 g/mol. The van der Waals surface area contributed by atoms with E-state index < -0.39 is 24.5 Å². The summed E-state index contributed by atoms with van der Waals surface area (Å²) in [7, 11) is 1.93. The molecule has 11 heteroatoms. The van der Waals surface area contributed by atoms with Gasteiger partial charge in [-0.25, -0.2) is 9.97 Å². The van der Waals surface area contributed by atoms with Crippen LogP contribution in [-0.4, -0.2) is 70.2 Å². The van der Waals surface area contributed by atoms with Gasteiger partial charge in [-0.15, -0.1) is 6.42 Å². The van der Waals surface area contributed by atoms with Crippen molar-refractivity contribution in [3.05, 3.63) is 24.5 Å². The molecule has 1 aliphatic rings. The number of aromatic nitrogens is 6. The summed E-state index contributed by atoms with van der Waals surface area (Å²) < 4.78 is 9.20. The number of anilines is 2. The minimum absolute atomic E-state index is 0.218. The second-order valence-corrected chi connectivity index (χ2v) is 8.18. The lowest BCUT2D eigenvalue weighted by atomic mass is 10.1. The van der Waals surface area contributed by atoms with E-state index in [9.17, 15) is 10.2 Å². The first kappa shape index (κ1) is 23.0. The van der Waals surface area contributed by atoms with E-state index in [2.05, 4.69) is 50.3 Å². The quantitative estimate of drug-likeness (QED) is 0.350. The Hall–Kier alpha value is -3.20. The maximum absolute atomic E-state index is 10.5. The van der Waals surface area contributed by atoms with Crippen LogP contribution in [0.3, 0.4) is 0 Å². The van der Waals surface area contributed by atoms with Gasteiger partial charge in [0.25, 0.3) is 0 Å². The number of aryl methyl sites for hydroxylation is 1. The van der Waals surface area contributed by atoms with Crippen molar-refractivity contribution >= 4 is 22.9 Å². The molecule has 4 heterocycles. The highest BCUT2D eigenvalue weighted by Gasteiger charge is 2.43. The average Bonchev–Trinajstić information content (AvgIpc) is 3.50. The number of nitrogens with zero attached hydrogens (tertiary/aromatic N) is 6. The number of aliphatic hydroxyl groups is 2. The number of fused-ring (bicyclic) bond motifs is 1. The van der Waals surface area contributed by atoms with Gasteiger partial charge < -0.3 is 30.2 Å². The van der Waals surface area contributed by atoms with Crippen LogP contribution in [-0.2, 0) is 18.2 Å². The molecular formula is C22H30N8O3. The molecule has 0 amide bonds. The van der Waals surface area contributed by atoms with Crippen LogP contribution in [0.15, 0.2) is 18.9 Å². The molecule has 3 aromatic rings. The van der Waals surface area contributed by atoms with Gasteiger partial charge in [0.1, 0.15) is 18.3 Å². The van der Waals surface area contributed by atoms with Crippen LogP contribution in [0, 0.1) is 12.3 Å². The summed E-state index contributed by atoms with van der Waals surface area (Å²) in [4.78, 5) is 18.1. The number of ether oxygens (including phenoxy) is 1. The van der Waals surface area contributed by atoms with Crippen molar-refractivity contribution in [2.45, 2.75) is 63.7 Å². The molecule has 33 heavy (non-hydrogen) atoms. The van der Waals surface area contributed by atoms with Crippen LogP contribution in [0.25, 0.3) is 11.2 Å². The van der Waals surface area contributed by atoms with Crippen molar-refractivity contribution in [1.82, 2.24) is 29.1 Å². The van der Waals surface area contributed by atoms with Gasteiger partial charge >= 0.3 is 0 Å². The summed E-state index contributed by atoms with van der Waals surface area (Å²) in [5.41, 5.74) is 1.97. The molecule has 0 aliphatic carbocycles. The van der Waals surface area contributed by atoms with Gasteiger partial charge in [0.2, 0.25) is 5.95 Å². The Kier molecular flexibility index (Phi) is 6.78. The zero-order valence-corrected chi connectivity index (χ0v) is 19.0. The van der Waals surface area contributed by atoms with Gasteiger partial charge in [-0.05, 0) is 12.8 Å². The van der Waals surface area contributed by atoms with Crippen molar-refractivity contribution < 1.29 is 14.9 Å². The van der Waals surface area contributed by atoms with E-state index in [0.717, 1.165) is 18.5 Å². The second kappa shape index (κ2) is 9.74. The van der Waals surface area contributed by atoms with E-state index in [1.807, 2.05) is 17.8 Å². The molecule has 1 aliphatic heterocycles. The molecule has 0 saturated carbocycles. The van der Waals surface area contributed by atoms with Crippen molar-refractivity contribution in [2.24, 2.45) is 7.05 Å². The number of hydrogen-bond donors (Lipinski definition) is 4. The normalized spacial score (nSPS) is 22.7. The maximum Gasteiger partial charge on any atom is 0.226 e. The number of hydrogen-bond acceptors (Lipinski definition) is 9. The third kappa shape index (κ3) is 4.64. The zero-order valence-electron chi connectivity index (χ0n) is 19.0. The van der Waals surface area contributed by atoms with Gasteiger partial charge in [0.05, 0.1) is 18.3 Å². The van der Waals surface area contributed by atoms with Crippen molar-refractivity contribution in [3.8, 4) is 12.3 Å². The third-order valence-electron chi connectivity index (χ3n) is 5.85. The summed E-state index contributed by atoms with van der Waals surface area (Å²) in [5.74, 6) is 3.37. The van der Waals surface area contributed by atoms with Gasteiger partial charge in [-0.2, -0.15) is 9.97 Å². The summed E-state index contributed by atoms with van der Waals surface area (Å²) in [6.45, 7) is 4.80. The standard InChI is InChI=1S/C22H30N8O3/c1-5-13(6-2)26-19-16-20(28-22(27-19)23-9-8-14-10-29(4)11-24-14)30(12-25-16)21-18(32)17(31)15(7-3)33-21/h3,10-13,15,17-18,21,31-32H,5-6,8-9H2,1-2,4H3,(H2,23,26,27,28)/t15-,17+,18+,21+/m0/s1. The number of nitrogens with one attached hydrogen (secondary N) is 2. The van der Waals surface area contributed by atoms with E-state index in [4.69, 9.17) is 11.2 Å². The predicted molar refractivity (Wildman–Crippen MR) is 123 cm³/mol. The first-order chi connectivity index (χ1) is 15.9. The lowest BCUT2D eigenvalue weighted by Gasteiger charge is -2.18. The molecule has 1 fully saturated rings. The van der Waals surface area contributed by atoms with Crippen molar-refractivity contribution in [2.75, 3.05) is 17.2 Å². The molecule has 4 N–H and O–H groups in total. The number of imidazole rings is 2. The zero-order chi connectivity index (χ0) is 23.5. The molecule has 3 aromatic heterocycles. The fourth-order valence-electron chi connectivity index (χ4n) is 3.89. The highest BCUT2D eigenvalue weighted by molar-refractivity contribution is 5.84. The van der Waals surface area contributed by atoms with Crippen LogP contribution in [0.5, 0.6) is 0 Å². The molecule has 0 unspecified atom stereocenters. The van der Waals surface area contributed by atoms with E-state index >= 15 is 0 Å². The minimum Gasteiger partial charge on any atom is -0.386 e. The van der Waals surface area contributed by atoms with E-state index in [1.165, 1.54) is 6.33 Å². The molecule has 176 valence electrons. The van der Waals surface area contributed by atoms with E-state index in [0.29, 0.717) is 35.9 Å². The topological polar surface area (TPSA) is 135 Å². The van der Waals surface area contributed by atoms with Gasteiger partial charge in [-0.1, -0.05) is 19.8 Å². The van der Waals surface area contributed by atoms with Crippen molar-refractivity contribution in [1.29, 1.82) is 0 Å². The predicted octanol–water partition coefficient (Wildman–Crippen LogP) is 1.07. The molecule has 4 atom stereocenters. The smallest absolute Gasteiger partial charge is 0.226 e. The SMILES string of the molecule is C#C[C@@H]1O[C@@H](n2cnc3c(NC(CC)CC)nc(NCCc4cn(C)cn4)nc32)[C@H](O)[C@@H]1O. The summed E-state index contributed by atoms with van der Waals surface area (Å²) in [6.07, 6.45) is 8.99. The van der Waals surface area contributed by atoms with Crippen LogP contribution >= 0.6 is 0 Å². The minimum atomic E-state index is -1.21. The molecular weight excluding hydrogens is 424 g/mol. The van der Waals surface area contributed by atoms with E-state index in [1.54, 1.807) is 10.9 Å². The van der Waals surface area contributed by atoms with Gasteiger partial charge in [0.15, 0.2) is 23.2 Å². The first-order valence-corrected chi connectivity index (χ1v) is 11.1. The van der Waals surface area contributed by atoms with E-state index in [-0.39, 0.29) is 6.04 Å². The molecule has 4 rings (SSSR count). The molecule has 11 nitrogen and oxygen atoms in total. The van der Waals surface area contributed by atoms with Gasteiger partial charge in [-0.3, -0.25) is 4.57 Å². The Bertz CT molecular complexity index is 1130. The van der Waals surface area contributed by atoms with Crippen LogP contribution in [0.2, 0.25) is 0 Å². The third-order valence-corrected chi connectivity index (χ3v) is 5.85. The fourth-order valence-corrected chi connectivity index (χ4v) is 3.89. The number of aliphatic hydroxyl groups excluding tert-OH is 2. The molecule has 0 radical (unpaired) electrons. The molecule has 1 saturated heterocycles.